The second-order valence-corrected chi connectivity index (χ2v) is 21.2. The number of rotatable bonds is 3. The van der Waals surface area contributed by atoms with Crippen LogP contribution in [0, 0.1) is 0 Å². The first-order valence-electron chi connectivity index (χ1n) is 37.6. The molecule has 2 aromatic heterocycles. The summed E-state index contributed by atoms with van der Waals surface area (Å²) in [6.07, 6.45) is 0. The van der Waals surface area contributed by atoms with E-state index in [-0.39, 0.29) is 112 Å². The van der Waals surface area contributed by atoms with Crippen LogP contribution in [-0.4, -0.2) is 15.8 Å². The highest BCUT2D eigenvalue weighted by Gasteiger charge is 2.47. The minimum Gasteiger partial charge on any atom is -0.311 e. The van der Waals surface area contributed by atoms with Crippen molar-refractivity contribution in [1.29, 1.82) is 0 Å². The number of hydrogen-bond acceptors (Lipinski definition) is 2. The van der Waals surface area contributed by atoms with Gasteiger partial charge in [-0.25, -0.2) is 0 Å². The van der Waals surface area contributed by atoms with Gasteiger partial charge in [-0.15, -0.1) is 0 Å². The average molecular weight is 946 g/mol. The van der Waals surface area contributed by atoms with E-state index in [1.165, 1.54) is 9.47 Å². The molecule has 9 aromatic carbocycles. The summed E-state index contributed by atoms with van der Waals surface area (Å²) >= 11 is 0. The van der Waals surface area contributed by atoms with E-state index in [2.05, 4.69) is 0 Å². The lowest BCUT2D eigenvalue weighted by Gasteiger charge is -2.47. The van der Waals surface area contributed by atoms with Crippen molar-refractivity contribution >= 4 is 101 Å². The van der Waals surface area contributed by atoms with Gasteiger partial charge in [0.1, 0.15) is 0 Å². The Kier molecular flexibility index (Phi) is 4.49. The van der Waals surface area contributed by atoms with Crippen molar-refractivity contribution in [2.24, 2.45) is 0 Å². The Hall–Kier alpha value is -7.76. The molecule has 344 valence electrons. The van der Waals surface area contributed by atoms with Gasteiger partial charge in [0.15, 0.2) is 0 Å². The number of nitrogens with zero attached hydrogens (tertiary/aromatic N) is 4. The SMILES string of the molecule is [2H]c1cc2c(c([2H])c1-n1c3c([2H])c([2H])c(C(C)(C)C)c([2H])c3c3c([2H])c(C(C)(C)C)c([2H])c([2H])c31)N(c1c([2H])c([2H])c(-c3c([2H])c([2H])c([2H])c([2H])c3[2H])c([2H])c1[2H])c1c([2H])c(C(C)(C)C)c([2H])c3c1B2c1c([2H])c([2H])c([2H])c2c1N3c1c([2H])c([2H])c([2H])c3c4c([2H])c([2H])c([2H])c([2H])c4n-2c13. The lowest BCUT2D eigenvalue weighted by molar-refractivity contribution is 0.590. The molecule has 4 nitrogen and oxygen atoms in total. The molecule has 0 amide bonds. The Bertz CT molecular complexity index is 5670. The number of aromatic nitrogens is 2. The predicted molar refractivity (Wildman–Crippen MR) is 304 cm³/mol. The predicted octanol–water partition coefficient (Wildman–Crippen LogP) is 15.8. The fourth-order valence-corrected chi connectivity index (χ4v) is 10.0. The summed E-state index contributed by atoms with van der Waals surface area (Å²) < 4.78 is 284. The van der Waals surface area contributed by atoms with Crippen LogP contribution in [0.25, 0.3) is 66.1 Å². The molecule has 0 radical (unpaired) electrons. The third kappa shape index (κ3) is 5.99. The summed E-state index contributed by atoms with van der Waals surface area (Å²) in [7, 11) is 0. The molecule has 0 N–H and O–H groups in total. The first-order valence-corrected chi connectivity index (χ1v) is 23.1. The molecule has 0 saturated heterocycles. The fraction of sp³-hybridized carbons (Fsp3) is 0.182. The van der Waals surface area contributed by atoms with Crippen LogP contribution in [0.5, 0.6) is 0 Å². The molecule has 71 heavy (non-hydrogen) atoms. The van der Waals surface area contributed by atoms with Crippen LogP contribution in [0.15, 0.2) is 181 Å². The highest BCUT2D eigenvalue weighted by molar-refractivity contribution is 7.00. The largest absolute Gasteiger partial charge is 0.311 e. The van der Waals surface area contributed by atoms with Crippen molar-refractivity contribution in [1.82, 2.24) is 9.13 Å². The normalized spacial score (nSPS) is 19.6. The average Bonchev–Trinajstić information content (AvgIpc) is 1.25. The van der Waals surface area contributed by atoms with Crippen LogP contribution in [0.1, 0.15) is 119 Å². The van der Waals surface area contributed by atoms with Crippen molar-refractivity contribution < 1.29 is 39.8 Å². The summed E-state index contributed by atoms with van der Waals surface area (Å²) in [6.45, 7) is 13.3. The van der Waals surface area contributed by atoms with Gasteiger partial charge in [-0.3, -0.25) is 0 Å². The minimum atomic E-state index is -1.81. The zero-order valence-corrected chi connectivity index (χ0v) is 39.9. The zero-order valence-electron chi connectivity index (χ0n) is 68.9. The standard InChI is InChI=1S/C66H57BN4/c1-64(2,3)42-27-33-54-49(35-42)50-36-43(65(4,5)6)28-34-55(50)69(54)46-31-32-51-58(39-46)68(45-29-25-41(26-30-45)40-17-11-10-12-18-40)59-37-44(66(7,8)9)38-60-61(59)67(51)52-21-16-24-57-63(52)71(60)56-23-15-20-48-47-19-13-14-22-53(47)70(57)62(48)56/h10-39H,1-9H3/i10D,11D,12D,13D,14D,15D,16D,17D,18D,19D,20D,21D,22D,23D,24D,25D,26D,27D,28D,29D,30D,31D,33D,34D,35D,36D,37D,38D,39D. The number of anilines is 6. The van der Waals surface area contributed by atoms with Gasteiger partial charge < -0.3 is 18.9 Å². The molecule has 14 rings (SSSR count). The fourth-order valence-electron chi connectivity index (χ4n) is 10.0. The summed E-state index contributed by atoms with van der Waals surface area (Å²) in [5.74, 6) is 0. The Morgan fingerprint density at radius 2 is 0.958 bits per heavy atom. The molecule has 5 heteroatoms. The van der Waals surface area contributed by atoms with Crippen LogP contribution in [0.2, 0.25) is 0 Å². The molecule has 0 fully saturated rings. The molecule has 0 spiro atoms. The molecule has 5 heterocycles. The van der Waals surface area contributed by atoms with Crippen LogP contribution in [-0.2, 0) is 16.2 Å². The van der Waals surface area contributed by atoms with Crippen molar-refractivity contribution in [3.63, 3.8) is 0 Å². The van der Waals surface area contributed by atoms with Crippen molar-refractivity contribution in [2.45, 2.75) is 78.6 Å². The van der Waals surface area contributed by atoms with E-state index in [4.69, 9.17) is 9.60 Å². The first kappa shape index (κ1) is 22.1. The van der Waals surface area contributed by atoms with E-state index in [0.29, 0.717) is 0 Å². The molecular weight excluding hydrogens is 860 g/mol. The summed E-state index contributed by atoms with van der Waals surface area (Å²) in [4.78, 5) is 2.21. The van der Waals surface area contributed by atoms with Gasteiger partial charge in [-0.05, 0) is 139 Å². The lowest BCUT2D eigenvalue weighted by atomic mass is 9.33. The van der Waals surface area contributed by atoms with Gasteiger partial charge in [0.2, 0.25) is 0 Å². The number of para-hydroxylation sites is 3. The Balaban J connectivity index is 1.27. The van der Waals surface area contributed by atoms with Gasteiger partial charge in [0, 0.05) is 50.0 Å². The van der Waals surface area contributed by atoms with Gasteiger partial charge in [-0.1, -0.05) is 165 Å². The zero-order chi connectivity index (χ0) is 73.7. The van der Waals surface area contributed by atoms with E-state index < -0.39 is 220 Å². The summed E-state index contributed by atoms with van der Waals surface area (Å²) in [5, 5.41) is -0.980. The van der Waals surface area contributed by atoms with Crippen LogP contribution in [0.3, 0.4) is 0 Å². The van der Waals surface area contributed by atoms with Crippen molar-refractivity contribution in [3.05, 3.63) is 198 Å². The van der Waals surface area contributed by atoms with E-state index in [9.17, 15) is 30.2 Å². The molecule has 11 aromatic rings. The third-order valence-corrected chi connectivity index (χ3v) is 13.5. The highest BCUT2D eigenvalue weighted by Crippen LogP contribution is 2.53. The molecule has 0 saturated carbocycles. The Labute approximate surface area is 458 Å². The molecule has 0 bridgehead atoms. The minimum absolute atomic E-state index is 0.0480. The van der Waals surface area contributed by atoms with E-state index in [1.54, 1.807) is 62.3 Å². The van der Waals surface area contributed by atoms with Gasteiger partial charge in [0.05, 0.1) is 78.9 Å². The quantitative estimate of drug-likeness (QED) is 0.164. The number of hydrogen-bond donors (Lipinski definition) is 0. The Morgan fingerprint density at radius 1 is 0.380 bits per heavy atom. The second kappa shape index (κ2) is 14.4. The smallest absolute Gasteiger partial charge is 0.252 e. The van der Waals surface area contributed by atoms with Crippen molar-refractivity contribution in [3.8, 4) is 22.5 Å². The molecule has 0 unspecified atom stereocenters. The van der Waals surface area contributed by atoms with Crippen LogP contribution < -0.4 is 26.2 Å². The number of benzene rings is 9. The maximum atomic E-state index is 11.1. The topological polar surface area (TPSA) is 16.3 Å². The molecular formula is C66H57BN4. The van der Waals surface area contributed by atoms with Crippen LogP contribution in [0.4, 0.5) is 34.1 Å². The second-order valence-electron chi connectivity index (χ2n) is 21.2. The highest BCUT2D eigenvalue weighted by atomic mass is 15.2. The van der Waals surface area contributed by atoms with E-state index in [1.807, 2.05) is 0 Å². The molecule has 3 aliphatic heterocycles. The Morgan fingerprint density at radius 3 is 1.63 bits per heavy atom. The molecule has 3 aliphatic rings. The maximum Gasteiger partial charge on any atom is 0.252 e. The van der Waals surface area contributed by atoms with Gasteiger partial charge in [-0.2, -0.15) is 0 Å². The lowest BCUT2D eigenvalue weighted by Crippen LogP contribution is -2.62. The summed E-state index contributed by atoms with van der Waals surface area (Å²) in [5.41, 5.74) is -11.3. The van der Waals surface area contributed by atoms with Gasteiger partial charge >= 0.3 is 0 Å². The molecule has 0 atom stereocenters. The van der Waals surface area contributed by atoms with Crippen molar-refractivity contribution in [2.75, 3.05) is 9.80 Å². The van der Waals surface area contributed by atoms with E-state index >= 15 is 0 Å². The first-order chi connectivity index (χ1) is 46.3. The monoisotopic (exact) mass is 946 g/mol. The summed E-state index contributed by atoms with van der Waals surface area (Å²) in [6, 6.07) is -20.6. The third-order valence-electron chi connectivity index (χ3n) is 13.5. The number of fused-ring (bicyclic) bond motifs is 12. The maximum absolute atomic E-state index is 11.1. The molecule has 0 aliphatic carbocycles. The van der Waals surface area contributed by atoms with E-state index in [0.717, 1.165) is 15.5 Å². The van der Waals surface area contributed by atoms with Gasteiger partial charge in [0.25, 0.3) is 6.71 Å². The van der Waals surface area contributed by atoms with Crippen LogP contribution >= 0.6 is 0 Å².